The maximum Gasteiger partial charge on any atom is 0.307 e. The quantitative estimate of drug-likeness (QED) is 0.769. The molecule has 0 spiro atoms. The molecule has 1 unspecified atom stereocenters. The number of ether oxygens (including phenoxy) is 2. The minimum atomic E-state index is -3.85. The Labute approximate surface area is 117 Å². The molecule has 1 aromatic carbocycles. The lowest BCUT2D eigenvalue weighted by atomic mass is 10.2. The number of nitrogens with one attached hydrogen (secondary N) is 1. The number of benzene rings is 1. The fourth-order valence-corrected chi connectivity index (χ4v) is 2.68. The van der Waals surface area contributed by atoms with Crippen LogP contribution in [0.4, 0.5) is 0 Å². The second-order valence-corrected chi connectivity index (χ2v) is 5.84. The maximum absolute atomic E-state index is 12.1. The highest BCUT2D eigenvalue weighted by Crippen LogP contribution is 2.28. The van der Waals surface area contributed by atoms with E-state index < -0.39 is 21.9 Å². The van der Waals surface area contributed by atoms with E-state index in [1.54, 1.807) is 0 Å². The van der Waals surface area contributed by atoms with Gasteiger partial charge in [0.2, 0.25) is 10.0 Å². The summed E-state index contributed by atoms with van der Waals surface area (Å²) in [7, 11) is -1.06. The van der Waals surface area contributed by atoms with Gasteiger partial charge < -0.3 is 14.6 Å². The van der Waals surface area contributed by atoms with E-state index in [1.807, 2.05) is 0 Å². The predicted octanol–water partition coefficient (Wildman–Crippen LogP) is 0.703. The van der Waals surface area contributed by atoms with Crippen LogP contribution in [0.2, 0.25) is 0 Å². The van der Waals surface area contributed by atoms with Gasteiger partial charge in [-0.3, -0.25) is 4.79 Å². The SMILES string of the molecule is COc1ccc(S(=O)(=O)NCC(C)C(=O)O)c(OC)c1. The molecule has 0 saturated heterocycles. The van der Waals surface area contributed by atoms with Crippen LogP contribution >= 0.6 is 0 Å². The molecule has 1 aromatic rings. The first-order valence-corrected chi connectivity index (χ1v) is 7.24. The standard InChI is InChI=1S/C12H17NO6S/c1-8(12(14)15)7-13-20(16,17)11-5-4-9(18-2)6-10(11)19-3/h4-6,8,13H,7H2,1-3H3,(H,14,15). The topological polar surface area (TPSA) is 102 Å². The molecule has 7 nitrogen and oxygen atoms in total. The molecular weight excluding hydrogens is 286 g/mol. The van der Waals surface area contributed by atoms with E-state index >= 15 is 0 Å². The number of hydrogen-bond acceptors (Lipinski definition) is 5. The minimum absolute atomic E-state index is 0.0709. The van der Waals surface area contributed by atoms with Gasteiger partial charge in [-0.2, -0.15) is 0 Å². The highest BCUT2D eigenvalue weighted by Gasteiger charge is 2.22. The molecule has 0 aromatic heterocycles. The maximum atomic E-state index is 12.1. The Morgan fingerprint density at radius 2 is 2.00 bits per heavy atom. The summed E-state index contributed by atoms with van der Waals surface area (Å²) in [6, 6.07) is 4.26. The molecule has 0 aliphatic carbocycles. The fourth-order valence-electron chi connectivity index (χ4n) is 1.40. The van der Waals surface area contributed by atoms with Crippen LogP contribution in [0, 0.1) is 5.92 Å². The van der Waals surface area contributed by atoms with Crippen molar-refractivity contribution in [1.82, 2.24) is 4.72 Å². The van der Waals surface area contributed by atoms with Crippen LogP contribution in [0.3, 0.4) is 0 Å². The van der Waals surface area contributed by atoms with Gasteiger partial charge in [-0.15, -0.1) is 0 Å². The van der Waals surface area contributed by atoms with Crippen molar-refractivity contribution in [3.63, 3.8) is 0 Å². The molecule has 2 N–H and O–H groups in total. The van der Waals surface area contributed by atoms with E-state index in [4.69, 9.17) is 14.6 Å². The van der Waals surface area contributed by atoms with Crippen molar-refractivity contribution in [3.05, 3.63) is 18.2 Å². The van der Waals surface area contributed by atoms with Gasteiger partial charge in [0.05, 0.1) is 20.1 Å². The van der Waals surface area contributed by atoms with Crippen molar-refractivity contribution < 1.29 is 27.8 Å². The van der Waals surface area contributed by atoms with Crippen LogP contribution in [0.5, 0.6) is 11.5 Å². The zero-order valence-corrected chi connectivity index (χ0v) is 12.2. The van der Waals surface area contributed by atoms with Crippen molar-refractivity contribution in [2.75, 3.05) is 20.8 Å². The summed E-state index contributed by atoms with van der Waals surface area (Å²) >= 11 is 0. The fraction of sp³-hybridized carbons (Fsp3) is 0.417. The van der Waals surface area contributed by atoms with Crippen molar-refractivity contribution in [2.24, 2.45) is 5.92 Å². The van der Waals surface area contributed by atoms with E-state index in [0.29, 0.717) is 5.75 Å². The highest BCUT2D eigenvalue weighted by molar-refractivity contribution is 7.89. The van der Waals surface area contributed by atoms with E-state index in [1.165, 1.54) is 39.3 Å². The molecule has 0 aliphatic rings. The summed E-state index contributed by atoms with van der Waals surface area (Å²) in [5, 5.41) is 8.74. The first-order valence-electron chi connectivity index (χ1n) is 5.76. The van der Waals surface area contributed by atoms with Crippen molar-refractivity contribution in [3.8, 4) is 11.5 Å². The van der Waals surface area contributed by atoms with Crippen LogP contribution in [-0.4, -0.2) is 40.3 Å². The Bertz CT molecular complexity index is 584. The Hall–Kier alpha value is -1.80. The van der Waals surface area contributed by atoms with Gasteiger partial charge in [0.1, 0.15) is 16.4 Å². The number of aliphatic carboxylic acids is 1. The Balaban J connectivity index is 3.00. The largest absolute Gasteiger partial charge is 0.497 e. The minimum Gasteiger partial charge on any atom is -0.497 e. The van der Waals surface area contributed by atoms with Crippen LogP contribution < -0.4 is 14.2 Å². The van der Waals surface area contributed by atoms with E-state index in [-0.39, 0.29) is 17.2 Å². The molecule has 0 heterocycles. The number of carboxylic acid groups (broad SMARTS) is 1. The highest BCUT2D eigenvalue weighted by atomic mass is 32.2. The molecule has 0 fully saturated rings. The van der Waals surface area contributed by atoms with Crippen molar-refractivity contribution in [1.29, 1.82) is 0 Å². The monoisotopic (exact) mass is 303 g/mol. The van der Waals surface area contributed by atoms with Gasteiger partial charge in [-0.25, -0.2) is 13.1 Å². The van der Waals surface area contributed by atoms with Gasteiger partial charge in [0.25, 0.3) is 0 Å². The van der Waals surface area contributed by atoms with Gasteiger partial charge >= 0.3 is 5.97 Å². The second kappa shape index (κ2) is 6.58. The van der Waals surface area contributed by atoms with Gasteiger partial charge in [0, 0.05) is 12.6 Å². The Morgan fingerprint density at radius 3 is 2.50 bits per heavy atom. The van der Waals surface area contributed by atoms with Crippen molar-refractivity contribution >= 4 is 16.0 Å². The van der Waals surface area contributed by atoms with Gasteiger partial charge in [-0.1, -0.05) is 6.92 Å². The average Bonchev–Trinajstić information content (AvgIpc) is 2.43. The number of sulfonamides is 1. The summed E-state index contributed by atoms with van der Waals surface area (Å²) < 4.78 is 36.5. The lowest BCUT2D eigenvalue weighted by molar-refractivity contribution is -0.140. The average molecular weight is 303 g/mol. The number of hydrogen-bond donors (Lipinski definition) is 2. The second-order valence-electron chi connectivity index (χ2n) is 4.11. The Kier molecular flexibility index (Phi) is 5.34. The molecule has 1 atom stereocenters. The Morgan fingerprint density at radius 1 is 1.35 bits per heavy atom. The van der Waals surface area contributed by atoms with E-state index in [9.17, 15) is 13.2 Å². The van der Waals surface area contributed by atoms with Crippen molar-refractivity contribution in [2.45, 2.75) is 11.8 Å². The lowest BCUT2D eigenvalue weighted by Gasteiger charge is -2.13. The molecule has 0 saturated carbocycles. The molecule has 0 bridgehead atoms. The van der Waals surface area contributed by atoms with Gasteiger partial charge in [0.15, 0.2) is 0 Å². The van der Waals surface area contributed by atoms with E-state index in [0.717, 1.165) is 0 Å². The smallest absolute Gasteiger partial charge is 0.307 e. The first kappa shape index (κ1) is 16.3. The summed E-state index contributed by atoms with van der Waals surface area (Å²) in [6.45, 7) is 1.21. The third-order valence-corrected chi connectivity index (χ3v) is 4.12. The zero-order valence-electron chi connectivity index (χ0n) is 11.4. The third-order valence-electron chi connectivity index (χ3n) is 2.66. The summed E-state index contributed by atoms with van der Waals surface area (Å²) in [5.41, 5.74) is 0. The summed E-state index contributed by atoms with van der Waals surface area (Å²) in [6.07, 6.45) is 0. The predicted molar refractivity (Wildman–Crippen MR) is 71.5 cm³/mol. The number of rotatable bonds is 7. The first-order chi connectivity index (χ1) is 9.31. The third kappa shape index (κ3) is 3.84. The van der Waals surface area contributed by atoms with Crippen LogP contribution in [0.25, 0.3) is 0 Å². The molecule has 1 rings (SSSR count). The summed E-state index contributed by atoms with van der Waals surface area (Å²) in [4.78, 5) is 10.6. The van der Waals surface area contributed by atoms with Crippen LogP contribution in [-0.2, 0) is 14.8 Å². The number of carbonyl (C=O) groups is 1. The summed E-state index contributed by atoms with van der Waals surface area (Å²) in [5.74, 6) is -1.32. The van der Waals surface area contributed by atoms with Crippen LogP contribution in [0.1, 0.15) is 6.92 Å². The van der Waals surface area contributed by atoms with E-state index in [2.05, 4.69) is 4.72 Å². The molecule has 20 heavy (non-hydrogen) atoms. The molecule has 0 aliphatic heterocycles. The molecule has 0 amide bonds. The zero-order chi connectivity index (χ0) is 15.3. The molecular formula is C12H17NO6S. The lowest BCUT2D eigenvalue weighted by Crippen LogP contribution is -2.31. The molecule has 8 heteroatoms. The normalized spacial score (nSPS) is 12.8. The number of methoxy groups -OCH3 is 2. The van der Waals surface area contributed by atoms with Crippen LogP contribution in [0.15, 0.2) is 23.1 Å². The number of carboxylic acids is 1. The molecule has 112 valence electrons. The molecule has 0 radical (unpaired) electrons. The van der Waals surface area contributed by atoms with Gasteiger partial charge in [-0.05, 0) is 12.1 Å².